The third kappa shape index (κ3) is 8.46. The SMILES string of the molecule is CCCCCCNC(=O)/C=C/c1ccc(NS(C)(=O)=O)cc1. The summed E-state index contributed by atoms with van der Waals surface area (Å²) >= 11 is 0. The monoisotopic (exact) mass is 324 g/mol. The summed E-state index contributed by atoms with van der Waals surface area (Å²) in [5.74, 6) is -0.116. The normalized spacial score (nSPS) is 11.5. The Labute approximate surface area is 132 Å². The molecule has 0 heterocycles. The molecular formula is C16H24N2O3S. The number of rotatable bonds is 9. The maximum absolute atomic E-state index is 11.6. The van der Waals surface area contributed by atoms with Gasteiger partial charge in [-0.1, -0.05) is 38.3 Å². The van der Waals surface area contributed by atoms with Crippen molar-refractivity contribution in [3.05, 3.63) is 35.9 Å². The molecule has 0 atom stereocenters. The van der Waals surface area contributed by atoms with Gasteiger partial charge in [0.2, 0.25) is 15.9 Å². The van der Waals surface area contributed by atoms with Gasteiger partial charge in [0.15, 0.2) is 0 Å². The summed E-state index contributed by atoms with van der Waals surface area (Å²) in [5.41, 5.74) is 1.33. The molecule has 0 spiro atoms. The minimum atomic E-state index is -3.27. The van der Waals surface area contributed by atoms with Crippen molar-refractivity contribution < 1.29 is 13.2 Å². The van der Waals surface area contributed by atoms with Gasteiger partial charge < -0.3 is 5.32 Å². The maximum Gasteiger partial charge on any atom is 0.243 e. The first-order chi connectivity index (χ1) is 10.4. The number of unbranched alkanes of at least 4 members (excludes halogenated alkanes) is 3. The van der Waals surface area contributed by atoms with E-state index in [9.17, 15) is 13.2 Å². The first kappa shape index (κ1) is 18.2. The minimum Gasteiger partial charge on any atom is -0.353 e. The molecule has 0 aliphatic carbocycles. The summed E-state index contributed by atoms with van der Waals surface area (Å²) < 4.78 is 24.6. The number of amides is 1. The summed E-state index contributed by atoms with van der Waals surface area (Å²) in [4.78, 5) is 11.6. The van der Waals surface area contributed by atoms with Gasteiger partial charge in [-0.15, -0.1) is 0 Å². The molecule has 0 bridgehead atoms. The highest BCUT2D eigenvalue weighted by Crippen LogP contribution is 2.11. The average Bonchev–Trinajstić information content (AvgIpc) is 2.45. The predicted octanol–water partition coefficient (Wildman–Crippen LogP) is 2.77. The van der Waals surface area contributed by atoms with Gasteiger partial charge in [-0.2, -0.15) is 0 Å². The summed E-state index contributed by atoms with van der Waals surface area (Å²) in [5, 5.41) is 2.84. The Kier molecular flexibility index (Phi) is 7.66. The van der Waals surface area contributed by atoms with Crippen LogP contribution in [0.1, 0.15) is 38.2 Å². The Morgan fingerprint density at radius 2 is 1.82 bits per heavy atom. The van der Waals surface area contributed by atoms with Crippen LogP contribution in [0.5, 0.6) is 0 Å². The fourth-order valence-corrected chi connectivity index (χ4v) is 2.43. The highest BCUT2D eigenvalue weighted by molar-refractivity contribution is 7.92. The van der Waals surface area contributed by atoms with Gasteiger partial charge in [0.05, 0.1) is 6.26 Å². The molecule has 0 saturated carbocycles. The zero-order valence-corrected chi connectivity index (χ0v) is 13.9. The molecule has 0 unspecified atom stereocenters. The summed E-state index contributed by atoms with van der Waals surface area (Å²) in [6, 6.07) is 6.81. The Morgan fingerprint density at radius 1 is 1.14 bits per heavy atom. The molecule has 0 aromatic heterocycles. The zero-order chi connectivity index (χ0) is 16.4. The van der Waals surface area contributed by atoms with Gasteiger partial charge in [0, 0.05) is 18.3 Å². The number of anilines is 1. The standard InChI is InChI=1S/C16H24N2O3S/c1-3-4-5-6-13-17-16(19)12-9-14-7-10-15(11-8-14)18-22(2,20)21/h7-12,18H,3-6,13H2,1-2H3,(H,17,19)/b12-9+. The van der Waals surface area contributed by atoms with E-state index in [1.165, 1.54) is 18.9 Å². The lowest BCUT2D eigenvalue weighted by Crippen LogP contribution is -2.21. The lowest BCUT2D eigenvalue weighted by molar-refractivity contribution is -0.116. The molecular weight excluding hydrogens is 300 g/mol. The molecule has 0 aliphatic heterocycles. The molecule has 22 heavy (non-hydrogen) atoms. The van der Waals surface area contributed by atoms with Crippen LogP contribution < -0.4 is 10.0 Å². The Bertz CT molecular complexity index is 592. The molecule has 1 amide bonds. The maximum atomic E-state index is 11.6. The van der Waals surface area contributed by atoms with Gasteiger partial charge in [-0.05, 0) is 30.2 Å². The number of hydrogen-bond donors (Lipinski definition) is 2. The van der Waals surface area contributed by atoms with Crippen molar-refractivity contribution in [1.29, 1.82) is 0 Å². The van der Waals surface area contributed by atoms with Crippen molar-refractivity contribution >= 4 is 27.7 Å². The van der Waals surface area contributed by atoms with Crippen LogP contribution in [-0.2, 0) is 14.8 Å². The second kappa shape index (κ2) is 9.25. The molecule has 0 radical (unpaired) electrons. The van der Waals surface area contributed by atoms with Crippen LogP contribution >= 0.6 is 0 Å². The third-order valence-electron chi connectivity index (χ3n) is 2.97. The number of nitrogens with one attached hydrogen (secondary N) is 2. The van der Waals surface area contributed by atoms with E-state index in [0.29, 0.717) is 12.2 Å². The Morgan fingerprint density at radius 3 is 2.41 bits per heavy atom. The molecule has 1 rings (SSSR count). The smallest absolute Gasteiger partial charge is 0.243 e. The number of benzene rings is 1. The van der Waals surface area contributed by atoms with Crippen molar-refractivity contribution in [1.82, 2.24) is 5.32 Å². The van der Waals surface area contributed by atoms with E-state index >= 15 is 0 Å². The fourth-order valence-electron chi connectivity index (χ4n) is 1.87. The van der Waals surface area contributed by atoms with E-state index in [2.05, 4.69) is 17.0 Å². The Balaban J connectivity index is 2.41. The number of carbonyl (C=O) groups is 1. The van der Waals surface area contributed by atoms with Gasteiger partial charge >= 0.3 is 0 Å². The molecule has 0 saturated heterocycles. The first-order valence-corrected chi connectivity index (χ1v) is 9.33. The average molecular weight is 324 g/mol. The predicted molar refractivity (Wildman–Crippen MR) is 91.1 cm³/mol. The molecule has 1 aromatic rings. The summed E-state index contributed by atoms with van der Waals surface area (Å²) in [6.45, 7) is 2.85. The van der Waals surface area contributed by atoms with Gasteiger partial charge in [-0.3, -0.25) is 9.52 Å². The number of carbonyl (C=O) groups excluding carboxylic acids is 1. The second-order valence-corrected chi connectivity index (χ2v) is 6.93. The first-order valence-electron chi connectivity index (χ1n) is 7.44. The fraction of sp³-hybridized carbons (Fsp3) is 0.438. The van der Waals surface area contributed by atoms with E-state index in [4.69, 9.17) is 0 Å². The molecule has 6 heteroatoms. The topological polar surface area (TPSA) is 75.3 Å². The quantitative estimate of drug-likeness (QED) is 0.542. The van der Waals surface area contributed by atoms with E-state index in [-0.39, 0.29) is 5.91 Å². The van der Waals surface area contributed by atoms with Crippen LogP contribution in [0.15, 0.2) is 30.3 Å². The zero-order valence-electron chi connectivity index (χ0n) is 13.1. The van der Waals surface area contributed by atoms with Gasteiger partial charge in [-0.25, -0.2) is 8.42 Å². The largest absolute Gasteiger partial charge is 0.353 e. The lowest BCUT2D eigenvalue weighted by atomic mass is 10.2. The minimum absolute atomic E-state index is 0.116. The van der Waals surface area contributed by atoms with Gasteiger partial charge in [0.25, 0.3) is 0 Å². The van der Waals surface area contributed by atoms with E-state index in [0.717, 1.165) is 24.7 Å². The highest BCUT2D eigenvalue weighted by atomic mass is 32.2. The van der Waals surface area contributed by atoms with Crippen LogP contribution in [-0.4, -0.2) is 27.1 Å². The summed E-state index contributed by atoms with van der Waals surface area (Å²) in [6.07, 6.45) is 8.79. The number of hydrogen-bond acceptors (Lipinski definition) is 3. The molecule has 1 aromatic carbocycles. The Hall–Kier alpha value is -1.82. The van der Waals surface area contributed by atoms with E-state index < -0.39 is 10.0 Å². The van der Waals surface area contributed by atoms with Crippen LogP contribution in [0, 0.1) is 0 Å². The van der Waals surface area contributed by atoms with E-state index in [1.54, 1.807) is 30.3 Å². The van der Waals surface area contributed by atoms with Crippen molar-refractivity contribution in [2.24, 2.45) is 0 Å². The molecule has 122 valence electrons. The number of sulfonamides is 1. The molecule has 5 nitrogen and oxygen atoms in total. The van der Waals surface area contributed by atoms with Crippen LogP contribution in [0.2, 0.25) is 0 Å². The molecule has 2 N–H and O–H groups in total. The van der Waals surface area contributed by atoms with Crippen LogP contribution in [0.3, 0.4) is 0 Å². The highest BCUT2D eigenvalue weighted by Gasteiger charge is 2.01. The van der Waals surface area contributed by atoms with Crippen molar-refractivity contribution in [3.63, 3.8) is 0 Å². The molecule has 0 fully saturated rings. The summed E-state index contributed by atoms with van der Waals surface area (Å²) in [7, 11) is -3.27. The van der Waals surface area contributed by atoms with Gasteiger partial charge in [0.1, 0.15) is 0 Å². The van der Waals surface area contributed by atoms with Crippen LogP contribution in [0.25, 0.3) is 6.08 Å². The second-order valence-electron chi connectivity index (χ2n) is 5.18. The molecule has 0 aliphatic rings. The van der Waals surface area contributed by atoms with E-state index in [1.807, 2.05) is 0 Å². The lowest BCUT2D eigenvalue weighted by Gasteiger charge is -2.03. The van der Waals surface area contributed by atoms with Crippen molar-refractivity contribution in [3.8, 4) is 0 Å². The van der Waals surface area contributed by atoms with Crippen LogP contribution in [0.4, 0.5) is 5.69 Å². The third-order valence-corrected chi connectivity index (χ3v) is 3.58. The van der Waals surface area contributed by atoms with Crippen molar-refractivity contribution in [2.75, 3.05) is 17.5 Å². The van der Waals surface area contributed by atoms with Crippen molar-refractivity contribution in [2.45, 2.75) is 32.6 Å².